The van der Waals surface area contributed by atoms with Gasteiger partial charge in [0.25, 0.3) is 0 Å². The zero-order chi connectivity index (χ0) is 20.1. The van der Waals surface area contributed by atoms with E-state index in [1.54, 1.807) is 26.4 Å². The molecule has 0 spiro atoms. The fourth-order valence-electron chi connectivity index (χ4n) is 4.25. The van der Waals surface area contributed by atoms with Crippen molar-refractivity contribution in [2.45, 2.75) is 45.4 Å². The molecule has 6 nitrogen and oxygen atoms in total. The van der Waals surface area contributed by atoms with Crippen LogP contribution < -0.4 is 14.8 Å². The average Bonchev–Trinajstić information content (AvgIpc) is 2.73. The quantitative estimate of drug-likeness (QED) is 0.835. The SMILES string of the molecule is COc1ccc(NC(=O)C2CCC(C(=O)N3CCC(C)CC3)CC2)cc1OC. The maximum atomic E-state index is 12.8. The van der Waals surface area contributed by atoms with Crippen LogP contribution in [0.15, 0.2) is 18.2 Å². The van der Waals surface area contributed by atoms with E-state index in [-0.39, 0.29) is 17.7 Å². The Morgan fingerprint density at radius 1 is 0.929 bits per heavy atom. The maximum absolute atomic E-state index is 12.8. The van der Waals surface area contributed by atoms with Crippen molar-refractivity contribution in [3.63, 3.8) is 0 Å². The molecule has 154 valence electrons. The van der Waals surface area contributed by atoms with Crippen LogP contribution in [0.5, 0.6) is 11.5 Å². The molecule has 1 aliphatic heterocycles. The number of amides is 2. The van der Waals surface area contributed by atoms with Gasteiger partial charge in [0, 0.05) is 36.7 Å². The van der Waals surface area contributed by atoms with Crippen molar-refractivity contribution in [2.24, 2.45) is 17.8 Å². The molecule has 1 N–H and O–H groups in total. The lowest BCUT2D eigenvalue weighted by Crippen LogP contribution is -2.42. The Hall–Kier alpha value is -2.24. The predicted octanol–water partition coefficient (Wildman–Crippen LogP) is 3.71. The summed E-state index contributed by atoms with van der Waals surface area (Å²) in [4.78, 5) is 27.5. The van der Waals surface area contributed by atoms with Crippen molar-refractivity contribution >= 4 is 17.5 Å². The molecule has 1 aliphatic carbocycles. The van der Waals surface area contributed by atoms with Gasteiger partial charge in [0.05, 0.1) is 14.2 Å². The lowest BCUT2D eigenvalue weighted by atomic mass is 9.80. The van der Waals surface area contributed by atoms with Crippen molar-refractivity contribution in [1.82, 2.24) is 4.90 Å². The van der Waals surface area contributed by atoms with Crippen LogP contribution >= 0.6 is 0 Å². The minimum absolute atomic E-state index is 0.0184. The monoisotopic (exact) mass is 388 g/mol. The van der Waals surface area contributed by atoms with Gasteiger partial charge in [-0.2, -0.15) is 0 Å². The second-order valence-electron chi connectivity index (χ2n) is 8.12. The first-order chi connectivity index (χ1) is 13.5. The highest BCUT2D eigenvalue weighted by Gasteiger charge is 2.33. The van der Waals surface area contributed by atoms with E-state index in [1.165, 1.54) is 0 Å². The number of piperidine rings is 1. The first kappa shape index (κ1) is 20.5. The standard InChI is InChI=1S/C22H32N2O4/c1-15-10-12-24(13-11-15)22(26)17-6-4-16(5-7-17)21(25)23-18-8-9-19(27-2)20(14-18)28-3/h8-9,14-17H,4-7,10-13H2,1-3H3,(H,23,25). The molecule has 1 aromatic rings. The van der Waals surface area contributed by atoms with Gasteiger partial charge in [0.1, 0.15) is 0 Å². The molecule has 0 unspecified atom stereocenters. The van der Waals surface area contributed by atoms with E-state index in [4.69, 9.17) is 9.47 Å². The number of hydrogen-bond donors (Lipinski definition) is 1. The molecule has 0 radical (unpaired) electrons. The van der Waals surface area contributed by atoms with E-state index in [0.29, 0.717) is 23.1 Å². The Morgan fingerprint density at radius 3 is 2.14 bits per heavy atom. The number of methoxy groups -OCH3 is 2. The number of nitrogens with one attached hydrogen (secondary N) is 1. The third kappa shape index (κ3) is 4.78. The van der Waals surface area contributed by atoms with Gasteiger partial charge in [-0.3, -0.25) is 9.59 Å². The van der Waals surface area contributed by atoms with E-state index in [0.717, 1.165) is 57.5 Å². The molecule has 1 aromatic carbocycles. The van der Waals surface area contributed by atoms with Crippen LogP contribution in [-0.4, -0.2) is 44.0 Å². The van der Waals surface area contributed by atoms with Crippen molar-refractivity contribution in [3.05, 3.63) is 18.2 Å². The average molecular weight is 389 g/mol. The Labute approximate surface area is 167 Å². The lowest BCUT2D eigenvalue weighted by molar-refractivity contribution is -0.139. The molecule has 0 aromatic heterocycles. The first-order valence-corrected chi connectivity index (χ1v) is 10.3. The molecule has 0 atom stereocenters. The molecule has 28 heavy (non-hydrogen) atoms. The van der Waals surface area contributed by atoms with Gasteiger partial charge >= 0.3 is 0 Å². The van der Waals surface area contributed by atoms with E-state index < -0.39 is 0 Å². The largest absolute Gasteiger partial charge is 0.493 e. The van der Waals surface area contributed by atoms with Crippen molar-refractivity contribution < 1.29 is 19.1 Å². The van der Waals surface area contributed by atoms with E-state index in [1.807, 2.05) is 11.0 Å². The molecule has 6 heteroatoms. The normalized spacial score (nSPS) is 23.2. The van der Waals surface area contributed by atoms with Gasteiger partial charge < -0.3 is 19.7 Å². The van der Waals surface area contributed by atoms with Crippen LogP contribution in [0.1, 0.15) is 45.4 Å². The first-order valence-electron chi connectivity index (χ1n) is 10.3. The zero-order valence-corrected chi connectivity index (χ0v) is 17.2. The van der Waals surface area contributed by atoms with Crippen molar-refractivity contribution in [3.8, 4) is 11.5 Å². The Bertz CT molecular complexity index is 690. The number of rotatable bonds is 5. The number of ether oxygens (including phenoxy) is 2. The summed E-state index contributed by atoms with van der Waals surface area (Å²) in [6, 6.07) is 5.36. The van der Waals surface area contributed by atoms with Crippen LogP contribution in [0.25, 0.3) is 0 Å². The summed E-state index contributed by atoms with van der Waals surface area (Å²) in [5.74, 6) is 2.30. The summed E-state index contributed by atoms with van der Waals surface area (Å²) in [7, 11) is 3.16. The van der Waals surface area contributed by atoms with Crippen LogP contribution in [0.4, 0.5) is 5.69 Å². The summed E-state index contributed by atoms with van der Waals surface area (Å²) < 4.78 is 10.5. The highest BCUT2D eigenvalue weighted by Crippen LogP contribution is 2.33. The highest BCUT2D eigenvalue weighted by atomic mass is 16.5. The van der Waals surface area contributed by atoms with E-state index >= 15 is 0 Å². The molecule has 2 amide bonds. The number of hydrogen-bond acceptors (Lipinski definition) is 4. The Kier molecular flexibility index (Phi) is 6.81. The molecule has 0 bridgehead atoms. The van der Waals surface area contributed by atoms with Crippen molar-refractivity contribution in [1.29, 1.82) is 0 Å². The van der Waals surface area contributed by atoms with Gasteiger partial charge in [0.2, 0.25) is 11.8 Å². The van der Waals surface area contributed by atoms with E-state index in [2.05, 4.69) is 12.2 Å². The fourth-order valence-corrected chi connectivity index (χ4v) is 4.25. The van der Waals surface area contributed by atoms with Crippen molar-refractivity contribution in [2.75, 3.05) is 32.6 Å². The molecular weight excluding hydrogens is 356 g/mol. The molecule has 1 saturated heterocycles. The summed E-state index contributed by atoms with van der Waals surface area (Å²) >= 11 is 0. The molecule has 1 heterocycles. The van der Waals surface area contributed by atoms with Gasteiger partial charge in [-0.05, 0) is 56.6 Å². The second-order valence-corrected chi connectivity index (χ2v) is 8.12. The molecule has 1 saturated carbocycles. The summed E-state index contributed by atoms with van der Waals surface area (Å²) in [5.41, 5.74) is 0.697. The molecule has 3 rings (SSSR count). The van der Waals surface area contributed by atoms with Gasteiger partial charge in [-0.1, -0.05) is 6.92 Å². The van der Waals surface area contributed by atoms with Gasteiger partial charge in [0.15, 0.2) is 11.5 Å². The van der Waals surface area contributed by atoms with Gasteiger partial charge in [-0.25, -0.2) is 0 Å². The number of likely N-dealkylation sites (tertiary alicyclic amines) is 1. The summed E-state index contributed by atoms with van der Waals surface area (Å²) in [6.07, 6.45) is 5.34. The highest BCUT2D eigenvalue weighted by molar-refractivity contribution is 5.93. The maximum Gasteiger partial charge on any atom is 0.227 e. The Morgan fingerprint density at radius 2 is 1.54 bits per heavy atom. The number of anilines is 1. The number of nitrogens with zero attached hydrogens (tertiary/aromatic N) is 1. The lowest BCUT2D eigenvalue weighted by Gasteiger charge is -2.35. The molecular formula is C22H32N2O4. The topological polar surface area (TPSA) is 67.9 Å². The van der Waals surface area contributed by atoms with Crippen LogP contribution in [0.3, 0.4) is 0 Å². The molecule has 2 fully saturated rings. The van der Waals surface area contributed by atoms with E-state index in [9.17, 15) is 9.59 Å². The predicted molar refractivity (Wildman–Crippen MR) is 109 cm³/mol. The van der Waals surface area contributed by atoms with Crippen LogP contribution in [-0.2, 0) is 9.59 Å². The molecule has 2 aliphatic rings. The third-order valence-corrected chi connectivity index (χ3v) is 6.19. The fraction of sp³-hybridized carbons (Fsp3) is 0.636. The zero-order valence-electron chi connectivity index (χ0n) is 17.2. The summed E-state index contributed by atoms with van der Waals surface area (Å²) in [6.45, 7) is 4.03. The van der Waals surface area contributed by atoms with Gasteiger partial charge in [-0.15, -0.1) is 0 Å². The second kappa shape index (κ2) is 9.30. The number of carbonyl (C=O) groups is 2. The summed E-state index contributed by atoms with van der Waals surface area (Å²) in [5, 5.41) is 2.98. The number of carbonyl (C=O) groups excluding carboxylic acids is 2. The Balaban J connectivity index is 1.50. The van der Waals surface area contributed by atoms with Crippen LogP contribution in [0.2, 0.25) is 0 Å². The van der Waals surface area contributed by atoms with Crippen LogP contribution in [0, 0.1) is 17.8 Å². The third-order valence-electron chi connectivity index (χ3n) is 6.19. The minimum atomic E-state index is -0.0430. The minimum Gasteiger partial charge on any atom is -0.493 e. The smallest absolute Gasteiger partial charge is 0.227 e. The number of benzene rings is 1.